The summed E-state index contributed by atoms with van der Waals surface area (Å²) < 4.78 is 75.2. The largest absolute Gasteiger partial charge is 0.467 e. The molecule has 4 heterocycles. The van der Waals surface area contributed by atoms with Crippen molar-refractivity contribution < 1.29 is 35.9 Å². The molecule has 2 atom stereocenters. The molecular weight excluding hydrogens is 573 g/mol. The fraction of sp³-hybridized carbons (Fsp3) is 0.417. The Balaban J connectivity index is 1.40. The minimum absolute atomic E-state index is 0.00932. The third kappa shape index (κ3) is 5.30. The number of methoxy groups -OCH3 is 1. The first-order valence-corrected chi connectivity index (χ1v) is 14.5. The van der Waals surface area contributed by atoms with E-state index in [-0.39, 0.29) is 33.9 Å². The second-order valence-electron chi connectivity index (χ2n) is 9.46. The van der Waals surface area contributed by atoms with E-state index >= 15 is 0 Å². The number of alkyl halides is 3. The van der Waals surface area contributed by atoms with Gasteiger partial charge in [0.25, 0.3) is 10.0 Å². The van der Waals surface area contributed by atoms with E-state index in [0.717, 1.165) is 48.9 Å². The lowest BCUT2D eigenvalue weighted by Crippen LogP contribution is -2.48. The number of likely N-dealkylation sites (tertiary alicyclic amines) is 1. The summed E-state index contributed by atoms with van der Waals surface area (Å²) in [7, 11) is -3.05. The fourth-order valence-corrected chi connectivity index (χ4v) is 7.19. The number of rotatable bonds is 8. The first-order valence-electron chi connectivity index (χ1n) is 12.2. The van der Waals surface area contributed by atoms with E-state index in [4.69, 9.17) is 10.5 Å². The van der Waals surface area contributed by atoms with Crippen LogP contribution in [-0.4, -0.2) is 74.0 Å². The number of esters is 1. The van der Waals surface area contributed by atoms with Gasteiger partial charge in [-0.1, -0.05) is 17.4 Å². The zero-order valence-corrected chi connectivity index (χ0v) is 22.8. The predicted molar refractivity (Wildman–Crippen MR) is 140 cm³/mol. The monoisotopic (exact) mass is 598 g/mol. The summed E-state index contributed by atoms with van der Waals surface area (Å²) in [6.45, 7) is 1.49. The van der Waals surface area contributed by atoms with Gasteiger partial charge in [-0.25, -0.2) is 23.2 Å². The van der Waals surface area contributed by atoms with Crippen molar-refractivity contribution in [3.05, 3.63) is 41.7 Å². The van der Waals surface area contributed by atoms with Crippen LogP contribution < -0.4 is 15.4 Å². The Morgan fingerprint density at radius 1 is 1.27 bits per heavy atom. The molecule has 11 nitrogen and oxygen atoms in total. The summed E-state index contributed by atoms with van der Waals surface area (Å²) in [5, 5.41) is 1.03. The Kier molecular flexibility index (Phi) is 7.35. The summed E-state index contributed by atoms with van der Waals surface area (Å²) in [5.41, 5.74) is 4.50. The first-order chi connectivity index (χ1) is 18.9. The molecule has 2 saturated heterocycles. The minimum Gasteiger partial charge on any atom is -0.467 e. The highest BCUT2D eigenvalue weighted by Gasteiger charge is 2.43. The number of carbonyl (C=O) groups is 2. The molecule has 0 spiro atoms. The Labute approximate surface area is 231 Å². The zero-order chi connectivity index (χ0) is 28.8. The number of amides is 1. The van der Waals surface area contributed by atoms with Crippen molar-refractivity contribution in [1.82, 2.24) is 19.6 Å². The first kappa shape index (κ1) is 28.0. The number of pyridine rings is 1. The Morgan fingerprint density at radius 2 is 2.02 bits per heavy atom. The number of benzene rings is 1. The van der Waals surface area contributed by atoms with E-state index in [1.807, 2.05) is 4.90 Å². The molecular formula is C24H25F3N6O5S2. The molecule has 0 aliphatic carbocycles. The maximum Gasteiger partial charge on any atom is 0.416 e. The number of nitrogens with zero attached hydrogens (tertiary/aromatic N) is 4. The van der Waals surface area contributed by atoms with Crippen LogP contribution in [0.1, 0.15) is 24.0 Å². The third-order valence-corrected chi connectivity index (χ3v) is 9.98. The van der Waals surface area contributed by atoms with Gasteiger partial charge in [0.05, 0.1) is 18.9 Å². The van der Waals surface area contributed by atoms with E-state index in [0.29, 0.717) is 10.5 Å². The van der Waals surface area contributed by atoms with Crippen molar-refractivity contribution in [2.24, 2.45) is 0 Å². The highest BCUT2D eigenvalue weighted by molar-refractivity contribution is 7.91. The van der Waals surface area contributed by atoms with E-state index in [1.54, 1.807) is 0 Å². The Bertz CT molecular complexity index is 1570. The van der Waals surface area contributed by atoms with Gasteiger partial charge in [0.15, 0.2) is 9.34 Å². The average Bonchev–Trinajstić information content (AvgIpc) is 3.48. The normalized spacial score (nSPS) is 18.7. The zero-order valence-electron chi connectivity index (χ0n) is 21.1. The highest BCUT2D eigenvalue weighted by atomic mass is 32.2. The lowest BCUT2D eigenvalue weighted by Gasteiger charge is -2.30. The molecule has 2 aliphatic heterocycles. The quantitative estimate of drug-likeness (QED) is 0.372. The van der Waals surface area contributed by atoms with Crippen molar-refractivity contribution in [2.75, 3.05) is 37.4 Å². The van der Waals surface area contributed by atoms with E-state index < -0.39 is 52.1 Å². The highest BCUT2D eigenvalue weighted by Crippen LogP contribution is 2.37. The van der Waals surface area contributed by atoms with Gasteiger partial charge in [-0.05, 0) is 35.9 Å². The lowest BCUT2D eigenvalue weighted by atomic mass is 9.95. The SMILES string of the molecule is COC(=O)C(Cc1cc2ccnc(N)c2cc1C(F)(F)F)N1CC[C@H](NS(=O)(=O)c2cnc(N3CCC3)s2)C1=O. The number of thiazole rings is 1. The number of sulfonamides is 1. The number of carbonyl (C=O) groups excluding carboxylic acids is 2. The molecule has 1 aromatic carbocycles. The summed E-state index contributed by atoms with van der Waals surface area (Å²) in [4.78, 5) is 37.0. The molecule has 3 N–H and O–H groups in total. The second kappa shape index (κ2) is 10.5. The van der Waals surface area contributed by atoms with Crippen LogP contribution in [0.3, 0.4) is 0 Å². The maximum atomic E-state index is 14.0. The molecule has 0 saturated carbocycles. The van der Waals surface area contributed by atoms with Crippen LogP contribution in [0.5, 0.6) is 0 Å². The van der Waals surface area contributed by atoms with E-state index in [2.05, 4.69) is 14.7 Å². The van der Waals surface area contributed by atoms with Gasteiger partial charge in [-0.2, -0.15) is 17.9 Å². The van der Waals surface area contributed by atoms with Gasteiger partial charge in [0.2, 0.25) is 5.91 Å². The number of ether oxygens (including phenoxy) is 1. The molecule has 214 valence electrons. The number of hydrogen-bond acceptors (Lipinski definition) is 10. The van der Waals surface area contributed by atoms with Gasteiger partial charge in [0, 0.05) is 37.6 Å². The third-order valence-electron chi connectivity index (χ3n) is 6.99. The summed E-state index contributed by atoms with van der Waals surface area (Å²) in [6, 6.07) is 0.976. The van der Waals surface area contributed by atoms with Crippen molar-refractivity contribution in [1.29, 1.82) is 0 Å². The molecule has 2 aromatic heterocycles. The standard InChI is InChI=1S/C24H25F3N6O5S2/c1-38-22(35)18(10-14-9-13-3-5-29-20(28)15(13)11-16(14)24(25,26)27)33-8-4-17(21(33)34)31-40(36,37)19-12-30-23(39-19)32-6-2-7-32/h3,5,9,11-12,17-18,31H,2,4,6-8,10H2,1H3,(H2,28,29)/t17-,18?/m0/s1. The van der Waals surface area contributed by atoms with Crippen molar-refractivity contribution in [3.8, 4) is 0 Å². The van der Waals surface area contributed by atoms with E-state index in [9.17, 15) is 31.2 Å². The fourth-order valence-electron chi connectivity index (χ4n) is 4.78. The smallest absolute Gasteiger partial charge is 0.416 e. The number of nitrogen functional groups attached to an aromatic ring is 1. The number of fused-ring (bicyclic) bond motifs is 1. The Hall–Kier alpha value is -3.50. The maximum absolute atomic E-state index is 14.0. The topological polar surface area (TPSA) is 148 Å². The average molecular weight is 599 g/mol. The van der Waals surface area contributed by atoms with Gasteiger partial charge in [-0.3, -0.25) is 4.79 Å². The van der Waals surface area contributed by atoms with Gasteiger partial charge < -0.3 is 20.3 Å². The molecule has 40 heavy (non-hydrogen) atoms. The summed E-state index contributed by atoms with van der Waals surface area (Å²) in [5.74, 6) is -1.75. The molecule has 1 amide bonds. The van der Waals surface area contributed by atoms with Gasteiger partial charge in [-0.15, -0.1) is 0 Å². The van der Waals surface area contributed by atoms with Crippen LogP contribution in [-0.2, 0) is 36.9 Å². The number of nitrogens with one attached hydrogen (secondary N) is 1. The van der Waals surface area contributed by atoms with E-state index in [1.165, 1.54) is 24.5 Å². The lowest BCUT2D eigenvalue weighted by molar-refractivity contribution is -0.151. The van der Waals surface area contributed by atoms with Crippen LogP contribution >= 0.6 is 11.3 Å². The number of hydrogen-bond donors (Lipinski definition) is 2. The molecule has 3 aromatic rings. The number of aromatic nitrogens is 2. The van der Waals surface area contributed by atoms with Crippen molar-refractivity contribution in [3.63, 3.8) is 0 Å². The second-order valence-corrected chi connectivity index (χ2v) is 12.4. The molecule has 2 fully saturated rings. The Morgan fingerprint density at radius 3 is 2.67 bits per heavy atom. The molecule has 0 radical (unpaired) electrons. The number of nitrogens with two attached hydrogens (primary N) is 1. The predicted octanol–water partition coefficient (Wildman–Crippen LogP) is 2.17. The molecule has 1 unspecified atom stereocenters. The van der Waals surface area contributed by atoms with Gasteiger partial charge >= 0.3 is 12.1 Å². The van der Waals surface area contributed by atoms with Crippen LogP contribution in [0.15, 0.2) is 34.8 Å². The van der Waals surface area contributed by atoms with Crippen LogP contribution in [0, 0.1) is 0 Å². The van der Waals surface area contributed by atoms with Gasteiger partial charge in [0.1, 0.15) is 17.9 Å². The summed E-state index contributed by atoms with van der Waals surface area (Å²) in [6.07, 6.45) is -1.74. The van der Waals surface area contributed by atoms with Crippen LogP contribution in [0.4, 0.5) is 24.1 Å². The molecule has 0 bridgehead atoms. The summed E-state index contributed by atoms with van der Waals surface area (Å²) >= 11 is 0.977. The molecule has 16 heteroatoms. The van der Waals surface area contributed by atoms with Crippen molar-refractivity contribution in [2.45, 2.75) is 41.7 Å². The van der Waals surface area contributed by atoms with Crippen molar-refractivity contribution >= 4 is 55.0 Å². The molecule has 5 rings (SSSR count). The minimum atomic E-state index is -4.79. The molecule has 2 aliphatic rings. The number of anilines is 2. The number of halogens is 3. The van der Waals surface area contributed by atoms with Crippen LogP contribution in [0.2, 0.25) is 0 Å². The van der Waals surface area contributed by atoms with Crippen LogP contribution in [0.25, 0.3) is 10.8 Å².